The third kappa shape index (κ3) is 3.93. The van der Waals surface area contributed by atoms with Gasteiger partial charge in [0.15, 0.2) is 6.10 Å². The maximum atomic E-state index is 12.2. The highest BCUT2D eigenvalue weighted by atomic mass is 35.5. The second kappa shape index (κ2) is 7.03. The number of nitrogens with one attached hydrogen (secondary N) is 1. The highest BCUT2D eigenvalue weighted by Gasteiger charge is 2.18. The van der Waals surface area contributed by atoms with Gasteiger partial charge in [-0.25, -0.2) is 4.68 Å². The molecular weight excluding hydrogens is 325 g/mol. The van der Waals surface area contributed by atoms with Crippen LogP contribution in [0.1, 0.15) is 26.8 Å². The van der Waals surface area contributed by atoms with Crippen molar-refractivity contribution >= 4 is 34.9 Å². The predicted molar refractivity (Wildman–Crippen MR) is 87.8 cm³/mol. The fraction of sp³-hybridized carbons (Fsp3) is 0.333. The lowest BCUT2D eigenvalue weighted by Crippen LogP contribution is -2.31. The van der Waals surface area contributed by atoms with Crippen molar-refractivity contribution in [1.29, 1.82) is 0 Å². The molecular formula is C15H17Cl2N3O2. The molecule has 0 saturated carbocycles. The number of amides is 1. The van der Waals surface area contributed by atoms with Crippen molar-refractivity contribution in [2.45, 2.75) is 32.9 Å². The summed E-state index contributed by atoms with van der Waals surface area (Å²) in [6.07, 6.45) is 0.904. The van der Waals surface area contributed by atoms with Gasteiger partial charge in [-0.3, -0.25) is 4.79 Å². The van der Waals surface area contributed by atoms with Gasteiger partial charge in [-0.1, -0.05) is 23.2 Å². The fourth-order valence-corrected chi connectivity index (χ4v) is 2.19. The molecule has 0 radical (unpaired) electrons. The van der Waals surface area contributed by atoms with Crippen LogP contribution in [0.2, 0.25) is 10.0 Å². The molecule has 0 spiro atoms. The summed E-state index contributed by atoms with van der Waals surface area (Å²) in [6, 6.07) is 6.73. The second-order valence-electron chi connectivity index (χ2n) is 5.08. The first-order valence-corrected chi connectivity index (χ1v) is 7.60. The number of benzene rings is 1. The van der Waals surface area contributed by atoms with E-state index in [0.29, 0.717) is 21.6 Å². The lowest BCUT2D eigenvalue weighted by molar-refractivity contribution is -0.122. The maximum Gasteiger partial charge on any atom is 0.266 e. The van der Waals surface area contributed by atoms with Gasteiger partial charge in [0.05, 0.1) is 11.2 Å². The Labute approximate surface area is 139 Å². The summed E-state index contributed by atoms with van der Waals surface area (Å²) >= 11 is 11.9. The van der Waals surface area contributed by atoms with Gasteiger partial charge in [0, 0.05) is 23.2 Å². The normalized spacial score (nSPS) is 12.3. The summed E-state index contributed by atoms with van der Waals surface area (Å²) in [6.45, 7) is 5.60. The van der Waals surface area contributed by atoms with Crippen LogP contribution in [0.15, 0.2) is 30.5 Å². The Morgan fingerprint density at radius 1 is 1.27 bits per heavy atom. The van der Waals surface area contributed by atoms with Crippen molar-refractivity contribution in [3.05, 3.63) is 40.5 Å². The fourth-order valence-electron chi connectivity index (χ4n) is 1.86. The average Bonchev–Trinajstić information content (AvgIpc) is 2.91. The molecule has 1 N–H and O–H groups in total. The Balaban J connectivity index is 2.06. The third-order valence-electron chi connectivity index (χ3n) is 2.98. The van der Waals surface area contributed by atoms with Gasteiger partial charge in [0.1, 0.15) is 11.6 Å². The van der Waals surface area contributed by atoms with Crippen LogP contribution in [-0.2, 0) is 4.79 Å². The Morgan fingerprint density at radius 3 is 2.68 bits per heavy atom. The first kappa shape index (κ1) is 16.6. The Bertz CT molecular complexity index is 671. The van der Waals surface area contributed by atoms with Gasteiger partial charge in [-0.15, -0.1) is 0 Å². The van der Waals surface area contributed by atoms with E-state index in [1.54, 1.807) is 42.1 Å². The molecule has 0 saturated heterocycles. The van der Waals surface area contributed by atoms with E-state index in [-0.39, 0.29) is 11.9 Å². The van der Waals surface area contributed by atoms with Crippen LogP contribution >= 0.6 is 23.2 Å². The Morgan fingerprint density at radius 2 is 2.00 bits per heavy atom. The maximum absolute atomic E-state index is 12.2. The quantitative estimate of drug-likeness (QED) is 0.887. The predicted octanol–water partition coefficient (Wildman–Crippen LogP) is 4.18. The third-order valence-corrected chi connectivity index (χ3v) is 3.52. The molecule has 0 aliphatic heterocycles. The zero-order chi connectivity index (χ0) is 16.3. The van der Waals surface area contributed by atoms with Gasteiger partial charge in [-0.2, -0.15) is 5.10 Å². The van der Waals surface area contributed by atoms with Crippen molar-refractivity contribution in [2.24, 2.45) is 0 Å². The zero-order valence-corrected chi connectivity index (χ0v) is 14.0. The highest BCUT2D eigenvalue weighted by Crippen LogP contribution is 2.28. The van der Waals surface area contributed by atoms with Crippen molar-refractivity contribution in [1.82, 2.24) is 9.78 Å². The van der Waals surface area contributed by atoms with Gasteiger partial charge in [-0.05, 0) is 32.9 Å². The lowest BCUT2D eigenvalue weighted by Gasteiger charge is -2.17. The topological polar surface area (TPSA) is 56.1 Å². The van der Waals surface area contributed by atoms with Crippen LogP contribution in [-0.4, -0.2) is 21.8 Å². The van der Waals surface area contributed by atoms with Crippen LogP contribution in [0.5, 0.6) is 5.75 Å². The molecule has 118 valence electrons. The van der Waals surface area contributed by atoms with E-state index in [2.05, 4.69) is 10.4 Å². The zero-order valence-electron chi connectivity index (χ0n) is 12.5. The minimum atomic E-state index is -0.730. The molecule has 1 atom stereocenters. The molecule has 1 heterocycles. The number of hydrogen-bond donors (Lipinski definition) is 1. The summed E-state index contributed by atoms with van der Waals surface area (Å²) in [5, 5.41) is 7.84. The van der Waals surface area contributed by atoms with Gasteiger partial charge >= 0.3 is 0 Å². The van der Waals surface area contributed by atoms with E-state index in [9.17, 15) is 4.79 Å². The molecule has 2 aromatic rings. The van der Waals surface area contributed by atoms with E-state index in [0.717, 1.165) is 0 Å². The van der Waals surface area contributed by atoms with E-state index >= 15 is 0 Å². The monoisotopic (exact) mass is 341 g/mol. The molecule has 5 nitrogen and oxygen atoms in total. The molecule has 1 aromatic heterocycles. The van der Waals surface area contributed by atoms with Crippen LogP contribution in [0.3, 0.4) is 0 Å². The first-order chi connectivity index (χ1) is 10.4. The number of ether oxygens (including phenoxy) is 1. The molecule has 0 aliphatic carbocycles. The van der Waals surface area contributed by atoms with Gasteiger partial charge in [0.2, 0.25) is 0 Å². The standard InChI is InChI=1S/C15H17Cl2N3O2/c1-9(2)20-14(6-7-18-20)19-15(21)10(3)22-13-8-11(16)4-5-12(13)17/h4-10H,1-3H3,(H,19,21). The lowest BCUT2D eigenvalue weighted by atomic mass is 10.3. The number of aromatic nitrogens is 2. The molecule has 0 aliphatic rings. The molecule has 0 bridgehead atoms. The SMILES string of the molecule is CC(Oc1cc(Cl)ccc1Cl)C(=O)Nc1ccnn1C(C)C. The van der Waals surface area contributed by atoms with Crippen molar-refractivity contribution in [3.8, 4) is 5.75 Å². The molecule has 0 fully saturated rings. The molecule has 2 rings (SSSR count). The summed E-state index contributed by atoms with van der Waals surface area (Å²) in [5.74, 6) is 0.695. The molecule has 1 unspecified atom stereocenters. The van der Waals surface area contributed by atoms with Crippen molar-refractivity contribution in [2.75, 3.05) is 5.32 Å². The summed E-state index contributed by atoms with van der Waals surface area (Å²) in [7, 11) is 0. The number of rotatable bonds is 5. The Kier molecular flexibility index (Phi) is 5.32. The van der Waals surface area contributed by atoms with Crippen LogP contribution < -0.4 is 10.1 Å². The molecule has 1 amide bonds. The smallest absolute Gasteiger partial charge is 0.266 e. The largest absolute Gasteiger partial charge is 0.479 e. The number of halogens is 2. The van der Waals surface area contributed by atoms with E-state index < -0.39 is 6.10 Å². The second-order valence-corrected chi connectivity index (χ2v) is 5.92. The number of carbonyl (C=O) groups excluding carboxylic acids is 1. The highest BCUT2D eigenvalue weighted by molar-refractivity contribution is 6.34. The first-order valence-electron chi connectivity index (χ1n) is 6.84. The van der Waals surface area contributed by atoms with E-state index in [1.165, 1.54) is 0 Å². The van der Waals surface area contributed by atoms with Crippen LogP contribution in [0.25, 0.3) is 0 Å². The Hall–Kier alpha value is -1.72. The average molecular weight is 342 g/mol. The molecule has 7 heteroatoms. The summed E-state index contributed by atoms with van der Waals surface area (Å²) < 4.78 is 7.30. The number of carbonyl (C=O) groups is 1. The molecule has 22 heavy (non-hydrogen) atoms. The minimum Gasteiger partial charge on any atom is -0.479 e. The minimum absolute atomic E-state index is 0.142. The van der Waals surface area contributed by atoms with Crippen molar-refractivity contribution < 1.29 is 9.53 Å². The van der Waals surface area contributed by atoms with Gasteiger partial charge in [0.25, 0.3) is 5.91 Å². The number of nitrogens with zero attached hydrogens (tertiary/aromatic N) is 2. The molecule has 1 aromatic carbocycles. The summed E-state index contributed by atoms with van der Waals surface area (Å²) in [4.78, 5) is 12.2. The number of anilines is 1. The van der Waals surface area contributed by atoms with Crippen molar-refractivity contribution in [3.63, 3.8) is 0 Å². The summed E-state index contributed by atoms with van der Waals surface area (Å²) in [5.41, 5.74) is 0. The number of hydrogen-bond acceptors (Lipinski definition) is 3. The van der Waals surface area contributed by atoms with Crippen LogP contribution in [0.4, 0.5) is 5.82 Å². The van der Waals surface area contributed by atoms with E-state index in [4.69, 9.17) is 27.9 Å². The van der Waals surface area contributed by atoms with E-state index in [1.807, 2.05) is 13.8 Å². The van der Waals surface area contributed by atoms with Crippen LogP contribution in [0, 0.1) is 0 Å². The van der Waals surface area contributed by atoms with Gasteiger partial charge < -0.3 is 10.1 Å².